The Morgan fingerprint density at radius 3 is 2.85 bits per heavy atom. The number of hydrogen-bond acceptors (Lipinski definition) is 5. The maximum absolute atomic E-state index is 5.83. The molecular formula is C14H15N5O. The lowest BCUT2D eigenvalue weighted by atomic mass is 10.2. The third kappa shape index (κ3) is 2.27. The fourth-order valence-electron chi connectivity index (χ4n) is 1.97. The zero-order valence-electron chi connectivity index (χ0n) is 11.3. The molecule has 0 fully saturated rings. The predicted molar refractivity (Wildman–Crippen MR) is 76.8 cm³/mol. The van der Waals surface area contributed by atoms with Crippen molar-refractivity contribution in [3.63, 3.8) is 0 Å². The van der Waals surface area contributed by atoms with E-state index in [-0.39, 0.29) is 6.10 Å². The van der Waals surface area contributed by atoms with Crippen molar-refractivity contribution in [2.45, 2.75) is 20.0 Å². The van der Waals surface area contributed by atoms with E-state index in [2.05, 4.69) is 15.1 Å². The van der Waals surface area contributed by atoms with Crippen LogP contribution in [0.2, 0.25) is 0 Å². The van der Waals surface area contributed by atoms with Crippen molar-refractivity contribution in [1.29, 1.82) is 0 Å². The van der Waals surface area contributed by atoms with Crippen molar-refractivity contribution in [2.24, 2.45) is 0 Å². The standard InChI is InChI=1S/C14H15N5O/c1-9(2)20-14-6-13(16-8-17-14)19-12-5-11(15)4-3-10(12)7-18-19/h3-9H,15H2,1-2H3. The van der Waals surface area contributed by atoms with E-state index in [1.54, 1.807) is 16.9 Å². The molecule has 2 heterocycles. The normalized spacial score (nSPS) is 11.2. The first-order valence-corrected chi connectivity index (χ1v) is 6.36. The average Bonchev–Trinajstić information content (AvgIpc) is 2.81. The molecule has 0 spiro atoms. The van der Waals surface area contributed by atoms with Crippen molar-refractivity contribution < 1.29 is 4.74 Å². The molecule has 0 radical (unpaired) electrons. The first-order chi connectivity index (χ1) is 9.63. The zero-order valence-corrected chi connectivity index (χ0v) is 11.3. The fourth-order valence-corrected chi connectivity index (χ4v) is 1.97. The van der Waals surface area contributed by atoms with Gasteiger partial charge in [-0.05, 0) is 32.0 Å². The molecule has 0 atom stereocenters. The number of hydrogen-bond donors (Lipinski definition) is 1. The molecule has 0 aliphatic rings. The minimum absolute atomic E-state index is 0.0581. The van der Waals surface area contributed by atoms with Gasteiger partial charge in [0.2, 0.25) is 5.88 Å². The lowest BCUT2D eigenvalue weighted by Crippen LogP contribution is -2.08. The van der Waals surface area contributed by atoms with Gasteiger partial charge in [0.1, 0.15) is 6.33 Å². The lowest BCUT2D eigenvalue weighted by molar-refractivity contribution is 0.232. The molecule has 6 nitrogen and oxygen atoms in total. The Balaban J connectivity index is 2.08. The van der Waals surface area contributed by atoms with E-state index in [1.807, 2.05) is 32.0 Å². The molecule has 2 aromatic heterocycles. The summed E-state index contributed by atoms with van der Waals surface area (Å²) in [4.78, 5) is 8.33. The highest BCUT2D eigenvalue weighted by Crippen LogP contribution is 2.21. The number of rotatable bonds is 3. The highest BCUT2D eigenvalue weighted by atomic mass is 16.5. The molecule has 0 unspecified atom stereocenters. The van der Waals surface area contributed by atoms with E-state index >= 15 is 0 Å². The van der Waals surface area contributed by atoms with Crippen LogP contribution in [0.4, 0.5) is 5.69 Å². The summed E-state index contributed by atoms with van der Waals surface area (Å²) >= 11 is 0. The summed E-state index contributed by atoms with van der Waals surface area (Å²) in [6.07, 6.45) is 3.30. The van der Waals surface area contributed by atoms with Crippen molar-refractivity contribution in [1.82, 2.24) is 19.7 Å². The van der Waals surface area contributed by atoms with Crippen LogP contribution in [0.3, 0.4) is 0 Å². The maximum atomic E-state index is 5.83. The van der Waals surface area contributed by atoms with Gasteiger partial charge in [0, 0.05) is 17.1 Å². The molecule has 0 saturated heterocycles. The second-order valence-corrected chi connectivity index (χ2v) is 4.76. The molecule has 102 valence electrons. The molecule has 0 saturated carbocycles. The number of nitrogen functional groups attached to an aromatic ring is 1. The molecule has 20 heavy (non-hydrogen) atoms. The van der Waals surface area contributed by atoms with Crippen molar-refractivity contribution in [3.05, 3.63) is 36.8 Å². The molecule has 0 aliphatic heterocycles. The van der Waals surface area contributed by atoms with Gasteiger partial charge in [-0.25, -0.2) is 14.6 Å². The summed E-state index contributed by atoms with van der Waals surface area (Å²) in [5, 5.41) is 5.35. The van der Waals surface area contributed by atoms with Crippen molar-refractivity contribution in [2.75, 3.05) is 5.73 Å². The number of nitrogens with two attached hydrogens (primary N) is 1. The second-order valence-electron chi connectivity index (χ2n) is 4.76. The SMILES string of the molecule is CC(C)Oc1cc(-n2ncc3ccc(N)cc32)ncn1. The largest absolute Gasteiger partial charge is 0.475 e. The summed E-state index contributed by atoms with van der Waals surface area (Å²) in [6, 6.07) is 7.41. The highest BCUT2D eigenvalue weighted by molar-refractivity contribution is 5.83. The van der Waals surface area contributed by atoms with E-state index in [0.717, 1.165) is 10.9 Å². The average molecular weight is 269 g/mol. The Morgan fingerprint density at radius 2 is 2.05 bits per heavy atom. The molecule has 0 bridgehead atoms. The van der Waals surface area contributed by atoms with E-state index in [9.17, 15) is 0 Å². The first-order valence-electron chi connectivity index (χ1n) is 6.36. The van der Waals surface area contributed by atoms with Gasteiger partial charge in [-0.2, -0.15) is 5.10 Å². The Morgan fingerprint density at radius 1 is 1.20 bits per heavy atom. The van der Waals surface area contributed by atoms with Gasteiger partial charge in [0.15, 0.2) is 5.82 Å². The predicted octanol–water partition coefficient (Wildman–Crippen LogP) is 2.18. The van der Waals surface area contributed by atoms with Gasteiger partial charge in [0.25, 0.3) is 0 Å². The summed E-state index contributed by atoms with van der Waals surface area (Å²) in [5.41, 5.74) is 7.42. The molecule has 1 aromatic carbocycles. The minimum Gasteiger partial charge on any atom is -0.475 e. The summed E-state index contributed by atoms with van der Waals surface area (Å²) < 4.78 is 7.29. The van der Waals surface area contributed by atoms with Gasteiger partial charge in [-0.3, -0.25) is 0 Å². The molecule has 3 aromatic rings. The van der Waals surface area contributed by atoms with Gasteiger partial charge in [-0.1, -0.05) is 0 Å². The molecule has 2 N–H and O–H groups in total. The zero-order chi connectivity index (χ0) is 14.1. The molecule has 0 aliphatic carbocycles. The number of nitrogens with zero attached hydrogens (tertiary/aromatic N) is 4. The van der Waals surface area contributed by atoms with Crippen molar-refractivity contribution >= 4 is 16.6 Å². The molecular weight excluding hydrogens is 254 g/mol. The summed E-state index contributed by atoms with van der Waals surface area (Å²) in [6.45, 7) is 3.90. The number of aromatic nitrogens is 4. The molecule has 0 amide bonds. The molecule has 3 rings (SSSR count). The minimum atomic E-state index is 0.0581. The third-order valence-corrected chi connectivity index (χ3v) is 2.80. The fraction of sp³-hybridized carbons (Fsp3) is 0.214. The Hall–Kier alpha value is -2.63. The van der Waals surface area contributed by atoms with Crippen LogP contribution in [0.5, 0.6) is 5.88 Å². The van der Waals surface area contributed by atoms with Crippen LogP contribution in [0.25, 0.3) is 16.7 Å². The van der Waals surface area contributed by atoms with Gasteiger partial charge in [0.05, 0.1) is 17.8 Å². The van der Waals surface area contributed by atoms with Crippen LogP contribution in [-0.2, 0) is 0 Å². The Bertz CT molecular complexity index is 750. The number of anilines is 1. The van der Waals surface area contributed by atoms with E-state index in [4.69, 9.17) is 10.5 Å². The monoisotopic (exact) mass is 269 g/mol. The smallest absolute Gasteiger partial charge is 0.218 e. The van der Waals surface area contributed by atoms with Crippen LogP contribution in [0, 0.1) is 0 Å². The number of fused-ring (bicyclic) bond motifs is 1. The van der Waals surface area contributed by atoms with E-state index < -0.39 is 0 Å². The van der Waals surface area contributed by atoms with Crippen LogP contribution < -0.4 is 10.5 Å². The topological polar surface area (TPSA) is 78.9 Å². The van der Waals surface area contributed by atoms with Crippen molar-refractivity contribution in [3.8, 4) is 11.7 Å². The Kier molecular flexibility index (Phi) is 2.98. The number of benzene rings is 1. The molecule has 6 heteroatoms. The maximum Gasteiger partial charge on any atom is 0.218 e. The summed E-state index contributed by atoms with van der Waals surface area (Å²) in [5.74, 6) is 1.17. The first kappa shape index (κ1) is 12.4. The lowest BCUT2D eigenvalue weighted by Gasteiger charge is -2.09. The van der Waals surface area contributed by atoms with E-state index in [0.29, 0.717) is 17.4 Å². The Labute approximate surface area is 116 Å². The van der Waals surface area contributed by atoms with Gasteiger partial charge >= 0.3 is 0 Å². The van der Waals surface area contributed by atoms with Gasteiger partial charge < -0.3 is 10.5 Å². The quantitative estimate of drug-likeness (QED) is 0.737. The van der Waals surface area contributed by atoms with Gasteiger partial charge in [-0.15, -0.1) is 0 Å². The van der Waals surface area contributed by atoms with Crippen LogP contribution in [0.1, 0.15) is 13.8 Å². The number of ether oxygens (including phenoxy) is 1. The van der Waals surface area contributed by atoms with E-state index in [1.165, 1.54) is 6.33 Å². The van der Waals surface area contributed by atoms with Crippen LogP contribution >= 0.6 is 0 Å². The van der Waals surface area contributed by atoms with Crippen LogP contribution in [-0.4, -0.2) is 25.9 Å². The highest BCUT2D eigenvalue weighted by Gasteiger charge is 2.08. The third-order valence-electron chi connectivity index (χ3n) is 2.80. The van der Waals surface area contributed by atoms with Crippen LogP contribution in [0.15, 0.2) is 36.8 Å². The summed E-state index contributed by atoms with van der Waals surface area (Å²) in [7, 11) is 0. The second kappa shape index (κ2) is 4.80.